The average Bonchev–Trinajstić information content (AvgIpc) is 2.41. The predicted octanol–water partition coefficient (Wildman–Crippen LogP) is 2.49. The first kappa shape index (κ1) is 15.8. The van der Waals surface area contributed by atoms with Gasteiger partial charge in [0.05, 0.1) is 12.2 Å². The Bertz CT molecular complexity index is 552. The second kappa shape index (κ2) is 6.43. The van der Waals surface area contributed by atoms with Crippen LogP contribution in [0.2, 0.25) is 0 Å². The minimum Gasteiger partial charge on any atom is -0.345 e. The summed E-state index contributed by atoms with van der Waals surface area (Å²) in [6.45, 7) is 3.52. The summed E-state index contributed by atoms with van der Waals surface area (Å²) in [4.78, 5) is 25.9. The molecule has 0 radical (unpaired) electrons. The second-order valence-corrected chi connectivity index (χ2v) is 6.05. The van der Waals surface area contributed by atoms with Crippen LogP contribution < -0.4 is 10.2 Å². The van der Waals surface area contributed by atoms with Crippen LogP contribution in [-0.4, -0.2) is 30.2 Å². The van der Waals surface area contributed by atoms with Crippen LogP contribution in [0.25, 0.3) is 0 Å². The molecule has 0 bridgehead atoms. The van der Waals surface area contributed by atoms with Crippen molar-refractivity contribution in [3.05, 3.63) is 24.3 Å². The van der Waals surface area contributed by atoms with Crippen LogP contribution in [0.5, 0.6) is 0 Å². The lowest BCUT2D eigenvalue weighted by Gasteiger charge is -2.37. The molecule has 1 unspecified atom stereocenters. The summed E-state index contributed by atoms with van der Waals surface area (Å²) in [7, 11) is 0. The molecular weight excluding hydrogens is 298 g/mol. The number of para-hydroxylation sites is 1. The zero-order valence-corrected chi connectivity index (χ0v) is 12.5. The van der Waals surface area contributed by atoms with Crippen molar-refractivity contribution in [2.75, 3.05) is 11.4 Å². The molecule has 4 nitrogen and oxygen atoms in total. The van der Waals surface area contributed by atoms with Gasteiger partial charge in [0.1, 0.15) is 6.04 Å². The van der Waals surface area contributed by atoms with E-state index in [2.05, 4.69) is 5.32 Å². The molecular formula is C14H16F2N2O2S. The van der Waals surface area contributed by atoms with Crippen LogP contribution in [0.4, 0.5) is 14.5 Å². The fourth-order valence-electron chi connectivity index (χ4n) is 2.36. The number of carbonyl (C=O) groups is 2. The summed E-state index contributed by atoms with van der Waals surface area (Å²) < 4.78 is 25.4. The third-order valence-corrected chi connectivity index (χ3v) is 3.98. The van der Waals surface area contributed by atoms with Crippen molar-refractivity contribution in [1.29, 1.82) is 0 Å². The first-order valence-corrected chi connectivity index (χ1v) is 7.43. The highest BCUT2D eigenvalue weighted by molar-refractivity contribution is 7.99. The van der Waals surface area contributed by atoms with Crippen molar-refractivity contribution in [2.24, 2.45) is 5.92 Å². The lowest BCUT2D eigenvalue weighted by atomic mass is 9.98. The Labute approximate surface area is 125 Å². The number of hydrogen-bond acceptors (Lipinski definition) is 3. The highest BCUT2D eigenvalue weighted by Crippen LogP contribution is 2.36. The minimum absolute atomic E-state index is 0.115. The number of thioether (sulfide) groups is 1. The summed E-state index contributed by atoms with van der Waals surface area (Å²) >= 11 is 0.377. The molecule has 1 N–H and O–H groups in total. The molecule has 114 valence electrons. The molecule has 2 amide bonds. The molecule has 2 rings (SSSR count). The summed E-state index contributed by atoms with van der Waals surface area (Å²) in [6.07, 6.45) is 0. The average molecular weight is 314 g/mol. The number of amides is 2. The molecule has 1 atom stereocenters. The maximum Gasteiger partial charge on any atom is 0.288 e. The van der Waals surface area contributed by atoms with Crippen LogP contribution in [0, 0.1) is 5.92 Å². The topological polar surface area (TPSA) is 49.4 Å². The Morgan fingerprint density at radius 3 is 2.57 bits per heavy atom. The number of alkyl halides is 2. The van der Waals surface area contributed by atoms with Crippen LogP contribution in [0.15, 0.2) is 29.2 Å². The van der Waals surface area contributed by atoms with Gasteiger partial charge in [-0.1, -0.05) is 37.7 Å². The lowest BCUT2D eigenvalue weighted by molar-refractivity contribution is -0.131. The number of rotatable bonds is 4. The molecule has 1 saturated heterocycles. The predicted molar refractivity (Wildman–Crippen MR) is 77.4 cm³/mol. The summed E-state index contributed by atoms with van der Waals surface area (Å²) in [5.41, 5.74) is 0.362. The Morgan fingerprint density at radius 1 is 1.29 bits per heavy atom. The number of piperazine rings is 1. The van der Waals surface area contributed by atoms with Crippen molar-refractivity contribution in [3.63, 3.8) is 0 Å². The summed E-state index contributed by atoms with van der Waals surface area (Å²) in [6, 6.07) is 5.74. The van der Waals surface area contributed by atoms with E-state index in [1.165, 1.54) is 11.0 Å². The molecule has 21 heavy (non-hydrogen) atoms. The van der Waals surface area contributed by atoms with E-state index in [0.717, 1.165) is 0 Å². The molecule has 0 aliphatic carbocycles. The standard InChI is InChI=1S/C14H16F2N2O2S/c1-8(2)12-13(20)17-7-11(19)18(12)9-5-3-4-6-10(9)21-14(15)16/h3-6,8,12,14H,7H2,1-2H3,(H,17,20). The SMILES string of the molecule is CC(C)C1C(=O)NCC(=O)N1c1ccccc1SC(F)F. The van der Waals surface area contributed by atoms with Crippen LogP contribution in [0.1, 0.15) is 13.8 Å². The molecule has 7 heteroatoms. The Morgan fingerprint density at radius 2 is 1.95 bits per heavy atom. The zero-order valence-electron chi connectivity index (χ0n) is 11.7. The second-order valence-electron chi connectivity index (χ2n) is 5.02. The van der Waals surface area contributed by atoms with E-state index in [9.17, 15) is 18.4 Å². The van der Waals surface area contributed by atoms with E-state index in [1.807, 2.05) is 13.8 Å². The quantitative estimate of drug-likeness (QED) is 0.869. The highest BCUT2D eigenvalue weighted by atomic mass is 32.2. The monoisotopic (exact) mass is 314 g/mol. The smallest absolute Gasteiger partial charge is 0.288 e. The first-order chi connectivity index (χ1) is 9.91. The Kier molecular flexibility index (Phi) is 4.82. The van der Waals surface area contributed by atoms with Crippen LogP contribution >= 0.6 is 11.8 Å². The van der Waals surface area contributed by atoms with Crippen LogP contribution in [0.3, 0.4) is 0 Å². The van der Waals surface area contributed by atoms with Gasteiger partial charge in [-0.3, -0.25) is 14.5 Å². The molecule has 0 aromatic heterocycles. The van der Waals surface area contributed by atoms with Gasteiger partial charge in [0, 0.05) is 4.90 Å². The van der Waals surface area contributed by atoms with Crippen molar-refractivity contribution in [2.45, 2.75) is 30.5 Å². The van der Waals surface area contributed by atoms with Gasteiger partial charge in [-0.15, -0.1) is 0 Å². The molecule has 1 aliphatic heterocycles. The fraction of sp³-hybridized carbons (Fsp3) is 0.429. The molecule has 1 aliphatic rings. The normalized spacial score (nSPS) is 19.3. The molecule has 0 saturated carbocycles. The number of anilines is 1. The van der Waals surface area contributed by atoms with E-state index in [-0.39, 0.29) is 24.3 Å². The molecule has 1 heterocycles. The molecule has 1 aromatic rings. The maximum atomic E-state index is 12.7. The summed E-state index contributed by atoms with van der Waals surface area (Å²) in [5, 5.41) is 2.54. The number of nitrogens with one attached hydrogen (secondary N) is 1. The fourth-order valence-corrected chi connectivity index (χ4v) is 3.00. The van der Waals surface area contributed by atoms with E-state index in [0.29, 0.717) is 22.3 Å². The van der Waals surface area contributed by atoms with Gasteiger partial charge in [-0.2, -0.15) is 8.78 Å². The Balaban J connectivity index is 2.46. The van der Waals surface area contributed by atoms with E-state index >= 15 is 0 Å². The minimum atomic E-state index is -2.59. The third-order valence-electron chi connectivity index (χ3n) is 3.20. The largest absolute Gasteiger partial charge is 0.345 e. The van der Waals surface area contributed by atoms with E-state index < -0.39 is 11.8 Å². The molecule has 0 spiro atoms. The lowest BCUT2D eigenvalue weighted by Crippen LogP contribution is -2.60. The Hall–Kier alpha value is -1.63. The van der Waals surface area contributed by atoms with Gasteiger partial charge in [0.2, 0.25) is 11.8 Å². The van der Waals surface area contributed by atoms with Crippen LogP contribution in [-0.2, 0) is 9.59 Å². The van der Waals surface area contributed by atoms with Crippen molar-refractivity contribution in [3.8, 4) is 0 Å². The van der Waals surface area contributed by atoms with Gasteiger partial charge in [-0.05, 0) is 18.1 Å². The highest BCUT2D eigenvalue weighted by Gasteiger charge is 2.38. The number of carbonyl (C=O) groups excluding carboxylic acids is 2. The first-order valence-electron chi connectivity index (χ1n) is 6.55. The number of benzene rings is 1. The number of nitrogens with zero attached hydrogens (tertiary/aromatic N) is 1. The van der Waals surface area contributed by atoms with Crippen molar-refractivity contribution >= 4 is 29.3 Å². The van der Waals surface area contributed by atoms with E-state index in [1.54, 1.807) is 18.2 Å². The third kappa shape index (κ3) is 3.34. The zero-order chi connectivity index (χ0) is 15.6. The number of halogens is 2. The van der Waals surface area contributed by atoms with Crippen molar-refractivity contribution < 1.29 is 18.4 Å². The maximum absolute atomic E-state index is 12.7. The van der Waals surface area contributed by atoms with E-state index in [4.69, 9.17) is 0 Å². The van der Waals surface area contributed by atoms with Gasteiger partial charge < -0.3 is 5.32 Å². The molecule has 1 aromatic carbocycles. The van der Waals surface area contributed by atoms with Gasteiger partial charge in [0.25, 0.3) is 5.76 Å². The summed E-state index contributed by atoms with van der Waals surface area (Å²) in [5.74, 6) is -3.27. The van der Waals surface area contributed by atoms with Gasteiger partial charge >= 0.3 is 0 Å². The molecule has 1 fully saturated rings. The number of hydrogen-bond donors (Lipinski definition) is 1. The van der Waals surface area contributed by atoms with Gasteiger partial charge in [-0.25, -0.2) is 0 Å². The van der Waals surface area contributed by atoms with Crippen molar-refractivity contribution in [1.82, 2.24) is 5.32 Å². The van der Waals surface area contributed by atoms with Gasteiger partial charge in [0.15, 0.2) is 0 Å².